The number of para-hydroxylation sites is 1. The second-order valence-electron chi connectivity index (χ2n) is 6.51. The van der Waals surface area contributed by atoms with E-state index in [9.17, 15) is 0 Å². The molecule has 0 aromatic heterocycles. The van der Waals surface area contributed by atoms with Crippen molar-refractivity contribution < 1.29 is 0 Å². The summed E-state index contributed by atoms with van der Waals surface area (Å²) in [6.07, 6.45) is 7.24. The Labute approximate surface area is 146 Å². The van der Waals surface area contributed by atoms with Crippen molar-refractivity contribution in [3.05, 3.63) is 65.7 Å². The molecule has 1 nitrogen and oxygen atoms in total. The van der Waals surface area contributed by atoms with E-state index in [2.05, 4.69) is 78.3 Å². The van der Waals surface area contributed by atoms with Crippen LogP contribution in [-0.4, -0.2) is 6.54 Å². The average Bonchev–Trinajstić information content (AvgIpc) is 2.65. The Morgan fingerprint density at radius 3 is 2.58 bits per heavy atom. The van der Waals surface area contributed by atoms with Crippen LogP contribution >= 0.6 is 0 Å². The maximum Gasteiger partial charge on any atom is 0.116 e. The molecule has 24 heavy (non-hydrogen) atoms. The Hall–Kier alpha value is -2.20. The molecular formula is C23H27N. The Morgan fingerprint density at radius 2 is 1.75 bits per heavy atom. The van der Waals surface area contributed by atoms with Gasteiger partial charge in [0.2, 0.25) is 0 Å². The molecule has 2 aromatic carbocycles. The van der Waals surface area contributed by atoms with Crippen molar-refractivity contribution in [1.29, 1.82) is 0 Å². The Bertz CT molecular complexity index is 693. The van der Waals surface area contributed by atoms with Gasteiger partial charge in [0.1, 0.15) is 6.04 Å². The molecule has 0 radical (unpaired) electrons. The van der Waals surface area contributed by atoms with E-state index in [4.69, 9.17) is 0 Å². The normalized spacial score (nSPS) is 16.2. The second kappa shape index (κ2) is 8.60. The maximum absolute atomic E-state index is 3.58. The number of unbranched alkanes of at least 4 members (excludes halogenated alkanes) is 4. The summed E-state index contributed by atoms with van der Waals surface area (Å²) in [4.78, 5) is 2.46. The third-order valence-corrected chi connectivity index (χ3v) is 4.77. The molecule has 0 saturated carbocycles. The van der Waals surface area contributed by atoms with E-state index in [0.717, 1.165) is 19.4 Å². The minimum absolute atomic E-state index is 0.184. The van der Waals surface area contributed by atoms with Gasteiger partial charge in [-0.1, -0.05) is 74.6 Å². The Balaban J connectivity index is 1.81. The molecule has 0 saturated heterocycles. The van der Waals surface area contributed by atoms with Gasteiger partial charge in [-0.15, -0.1) is 5.92 Å². The van der Waals surface area contributed by atoms with Crippen LogP contribution in [0.3, 0.4) is 0 Å². The molecule has 1 aliphatic rings. The van der Waals surface area contributed by atoms with E-state index in [1.807, 2.05) is 0 Å². The summed E-state index contributed by atoms with van der Waals surface area (Å²) in [5.41, 5.74) is 4.11. The molecule has 3 rings (SSSR count). The zero-order valence-corrected chi connectivity index (χ0v) is 14.7. The first-order valence-corrected chi connectivity index (χ1v) is 9.28. The molecule has 0 fully saturated rings. The lowest BCUT2D eigenvalue weighted by molar-refractivity contribution is 0.672. The highest BCUT2D eigenvalue weighted by atomic mass is 15.2. The zero-order chi connectivity index (χ0) is 16.6. The fraction of sp³-hybridized carbons (Fsp3) is 0.391. The van der Waals surface area contributed by atoms with Gasteiger partial charge in [-0.25, -0.2) is 0 Å². The number of rotatable bonds is 5. The van der Waals surface area contributed by atoms with E-state index < -0.39 is 0 Å². The SMILES string of the molecule is CCCCCCC#CC1c2ccccc2CCN1c1ccccc1. The van der Waals surface area contributed by atoms with Gasteiger partial charge in [-0.2, -0.15) is 0 Å². The number of hydrogen-bond donors (Lipinski definition) is 0. The number of anilines is 1. The van der Waals surface area contributed by atoms with Crippen molar-refractivity contribution in [2.75, 3.05) is 11.4 Å². The lowest BCUT2D eigenvalue weighted by Gasteiger charge is -2.36. The molecule has 1 atom stereocenters. The van der Waals surface area contributed by atoms with Crippen LogP contribution in [0.4, 0.5) is 5.69 Å². The van der Waals surface area contributed by atoms with Crippen LogP contribution in [0.15, 0.2) is 54.6 Å². The third kappa shape index (κ3) is 4.01. The molecule has 124 valence electrons. The van der Waals surface area contributed by atoms with Crippen LogP contribution in [0.2, 0.25) is 0 Å². The van der Waals surface area contributed by atoms with E-state index in [1.54, 1.807) is 0 Å². The van der Waals surface area contributed by atoms with E-state index in [0.29, 0.717) is 0 Å². The van der Waals surface area contributed by atoms with Gasteiger partial charge in [0, 0.05) is 18.7 Å². The van der Waals surface area contributed by atoms with Crippen LogP contribution in [0.25, 0.3) is 0 Å². The molecule has 0 spiro atoms. The molecule has 2 aromatic rings. The highest BCUT2D eigenvalue weighted by Gasteiger charge is 2.25. The largest absolute Gasteiger partial charge is 0.353 e. The van der Waals surface area contributed by atoms with Gasteiger partial charge >= 0.3 is 0 Å². The minimum atomic E-state index is 0.184. The lowest BCUT2D eigenvalue weighted by Crippen LogP contribution is -2.34. The maximum atomic E-state index is 3.58. The highest BCUT2D eigenvalue weighted by molar-refractivity contribution is 5.55. The topological polar surface area (TPSA) is 3.24 Å². The van der Waals surface area contributed by atoms with Gasteiger partial charge in [-0.05, 0) is 36.1 Å². The zero-order valence-electron chi connectivity index (χ0n) is 14.7. The molecule has 1 heterocycles. The Kier molecular flexibility index (Phi) is 5.96. The smallest absolute Gasteiger partial charge is 0.116 e. The van der Waals surface area contributed by atoms with Gasteiger partial charge in [-0.3, -0.25) is 0 Å². The minimum Gasteiger partial charge on any atom is -0.353 e. The summed E-state index contributed by atoms with van der Waals surface area (Å²) >= 11 is 0. The summed E-state index contributed by atoms with van der Waals surface area (Å²) in [5, 5.41) is 0. The van der Waals surface area contributed by atoms with Crippen molar-refractivity contribution in [2.24, 2.45) is 0 Å². The number of fused-ring (bicyclic) bond motifs is 1. The summed E-state index contributed by atoms with van der Waals surface area (Å²) < 4.78 is 0. The van der Waals surface area contributed by atoms with Crippen molar-refractivity contribution >= 4 is 5.69 Å². The monoisotopic (exact) mass is 317 g/mol. The van der Waals surface area contributed by atoms with Crippen molar-refractivity contribution in [3.63, 3.8) is 0 Å². The van der Waals surface area contributed by atoms with Gasteiger partial charge in [0.15, 0.2) is 0 Å². The summed E-state index contributed by atoms with van der Waals surface area (Å²) in [6, 6.07) is 19.7. The van der Waals surface area contributed by atoms with Crippen LogP contribution in [0, 0.1) is 11.8 Å². The van der Waals surface area contributed by atoms with Crippen molar-refractivity contribution in [3.8, 4) is 11.8 Å². The fourth-order valence-corrected chi connectivity index (χ4v) is 3.43. The molecule has 0 bridgehead atoms. The lowest BCUT2D eigenvalue weighted by atomic mass is 9.92. The van der Waals surface area contributed by atoms with Crippen LogP contribution < -0.4 is 4.90 Å². The van der Waals surface area contributed by atoms with Gasteiger partial charge < -0.3 is 4.90 Å². The predicted octanol–water partition coefficient (Wildman–Crippen LogP) is 5.76. The highest BCUT2D eigenvalue weighted by Crippen LogP contribution is 2.33. The fourth-order valence-electron chi connectivity index (χ4n) is 3.43. The summed E-state index contributed by atoms with van der Waals surface area (Å²) in [5.74, 6) is 7.04. The molecular weight excluding hydrogens is 290 g/mol. The summed E-state index contributed by atoms with van der Waals surface area (Å²) in [7, 11) is 0. The molecule has 0 aliphatic carbocycles. The third-order valence-electron chi connectivity index (χ3n) is 4.77. The molecule has 1 heteroatoms. The molecule has 1 unspecified atom stereocenters. The first-order chi connectivity index (χ1) is 11.9. The van der Waals surface area contributed by atoms with Crippen LogP contribution in [0.1, 0.15) is 56.2 Å². The van der Waals surface area contributed by atoms with Gasteiger partial charge in [0.25, 0.3) is 0 Å². The quantitative estimate of drug-likeness (QED) is 0.500. The molecule has 1 aliphatic heterocycles. The van der Waals surface area contributed by atoms with E-state index in [-0.39, 0.29) is 6.04 Å². The number of nitrogens with zero attached hydrogens (tertiary/aromatic N) is 1. The van der Waals surface area contributed by atoms with Crippen LogP contribution in [0.5, 0.6) is 0 Å². The summed E-state index contributed by atoms with van der Waals surface area (Å²) in [6.45, 7) is 3.29. The molecule has 0 amide bonds. The second-order valence-corrected chi connectivity index (χ2v) is 6.51. The van der Waals surface area contributed by atoms with Gasteiger partial charge in [0.05, 0.1) is 0 Å². The van der Waals surface area contributed by atoms with E-state index in [1.165, 1.54) is 42.5 Å². The van der Waals surface area contributed by atoms with E-state index >= 15 is 0 Å². The first-order valence-electron chi connectivity index (χ1n) is 9.28. The average molecular weight is 317 g/mol. The first kappa shape index (κ1) is 16.7. The van der Waals surface area contributed by atoms with Crippen LogP contribution in [-0.2, 0) is 6.42 Å². The number of hydrogen-bond acceptors (Lipinski definition) is 1. The Morgan fingerprint density at radius 1 is 0.958 bits per heavy atom. The predicted molar refractivity (Wildman–Crippen MR) is 103 cm³/mol. The number of benzene rings is 2. The molecule has 0 N–H and O–H groups in total. The standard InChI is InChI=1S/C23H27N/c1-2-3-4-5-6-10-17-23-22-16-12-11-13-20(22)18-19-24(23)21-14-8-7-9-15-21/h7-9,11-16,23H,2-6,18-19H2,1H3. The van der Waals surface area contributed by atoms with Crippen molar-refractivity contribution in [1.82, 2.24) is 0 Å². The van der Waals surface area contributed by atoms with Crippen molar-refractivity contribution in [2.45, 2.75) is 51.5 Å².